The molecule has 28 heavy (non-hydrogen) atoms. The van der Waals surface area contributed by atoms with Crippen LogP contribution in [0.1, 0.15) is 22.5 Å². The van der Waals surface area contributed by atoms with Gasteiger partial charge in [-0.05, 0) is 37.6 Å². The highest BCUT2D eigenvalue weighted by atomic mass is 32.1. The molecule has 6 heteroatoms. The van der Waals surface area contributed by atoms with Gasteiger partial charge in [0.25, 0.3) is 5.91 Å². The first kappa shape index (κ1) is 18.6. The molecule has 1 fully saturated rings. The third kappa shape index (κ3) is 4.07. The van der Waals surface area contributed by atoms with Crippen molar-refractivity contribution < 1.29 is 9.18 Å². The molecule has 1 aliphatic heterocycles. The highest BCUT2D eigenvalue weighted by molar-refractivity contribution is 7.13. The molecule has 1 saturated heterocycles. The molecule has 1 amide bonds. The molecule has 0 spiro atoms. The number of rotatable bonds is 3. The summed E-state index contributed by atoms with van der Waals surface area (Å²) in [6, 6.07) is 14.7. The van der Waals surface area contributed by atoms with E-state index < -0.39 is 0 Å². The van der Waals surface area contributed by atoms with Gasteiger partial charge in [-0.1, -0.05) is 29.8 Å². The summed E-state index contributed by atoms with van der Waals surface area (Å²) < 4.78 is 13.2. The van der Waals surface area contributed by atoms with Gasteiger partial charge in [0.1, 0.15) is 16.5 Å². The molecule has 4 rings (SSSR count). The van der Waals surface area contributed by atoms with E-state index in [9.17, 15) is 9.18 Å². The van der Waals surface area contributed by atoms with E-state index in [1.54, 1.807) is 12.1 Å². The summed E-state index contributed by atoms with van der Waals surface area (Å²) in [4.78, 5) is 21.6. The van der Waals surface area contributed by atoms with Crippen molar-refractivity contribution in [1.82, 2.24) is 9.88 Å². The fraction of sp³-hybridized carbons (Fsp3) is 0.273. The maximum Gasteiger partial charge on any atom is 0.273 e. The second kappa shape index (κ2) is 8.10. The molecule has 1 aromatic heterocycles. The standard InChI is InChI=1S/C22H22FN3OS/c1-16-3-5-17(6-4-16)21-24-20(15-28-21)22(27)26-12-2-11-25(13-14-26)19-9-7-18(23)8-10-19/h3-10,15H,2,11-14H2,1H3. The summed E-state index contributed by atoms with van der Waals surface area (Å²) in [6.45, 7) is 4.96. The van der Waals surface area contributed by atoms with Crippen LogP contribution in [-0.2, 0) is 0 Å². The van der Waals surface area contributed by atoms with Crippen LogP contribution in [0.2, 0.25) is 0 Å². The smallest absolute Gasteiger partial charge is 0.273 e. The molecular weight excluding hydrogens is 373 g/mol. The molecule has 3 aromatic rings. The quantitative estimate of drug-likeness (QED) is 0.650. The molecule has 2 heterocycles. The van der Waals surface area contributed by atoms with Gasteiger partial charge in [0.2, 0.25) is 0 Å². The van der Waals surface area contributed by atoms with Gasteiger partial charge in [-0.25, -0.2) is 9.37 Å². The number of amides is 1. The number of benzene rings is 2. The number of nitrogens with zero attached hydrogens (tertiary/aromatic N) is 3. The van der Waals surface area contributed by atoms with Gasteiger partial charge < -0.3 is 9.80 Å². The Balaban J connectivity index is 1.44. The summed E-state index contributed by atoms with van der Waals surface area (Å²) in [6.07, 6.45) is 0.873. The Morgan fingerprint density at radius 3 is 2.50 bits per heavy atom. The Hall–Kier alpha value is -2.73. The summed E-state index contributed by atoms with van der Waals surface area (Å²) in [5.41, 5.74) is 3.74. The Bertz CT molecular complexity index is 953. The minimum atomic E-state index is -0.233. The molecule has 0 saturated carbocycles. The van der Waals surface area contributed by atoms with Crippen molar-refractivity contribution in [3.63, 3.8) is 0 Å². The van der Waals surface area contributed by atoms with Crippen LogP contribution in [0.4, 0.5) is 10.1 Å². The second-order valence-corrected chi connectivity index (χ2v) is 7.87. The lowest BCUT2D eigenvalue weighted by Crippen LogP contribution is -2.35. The number of hydrogen-bond donors (Lipinski definition) is 0. The average molecular weight is 396 g/mol. The summed E-state index contributed by atoms with van der Waals surface area (Å²) >= 11 is 1.50. The van der Waals surface area contributed by atoms with E-state index in [1.165, 1.54) is 29.0 Å². The van der Waals surface area contributed by atoms with E-state index in [1.807, 2.05) is 22.4 Å². The molecule has 144 valence electrons. The zero-order valence-corrected chi connectivity index (χ0v) is 16.6. The predicted molar refractivity (Wildman–Crippen MR) is 111 cm³/mol. The summed E-state index contributed by atoms with van der Waals surface area (Å²) in [7, 11) is 0. The Morgan fingerprint density at radius 1 is 1.00 bits per heavy atom. The minimum absolute atomic E-state index is 0.0180. The zero-order valence-electron chi connectivity index (χ0n) is 15.8. The summed E-state index contributed by atoms with van der Waals surface area (Å²) in [5.74, 6) is -0.251. The van der Waals surface area contributed by atoms with Crippen molar-refractivity contribution in [3.8, 4) is 10.6 Å². The van der Waals surface area contributed by atoms with Crippen molar-refractivity contribution in [2.24, 2.45) is 0 Å². The van der Waals surface area contributed by atoms with E-state index in [-0.39, 0.29) is 11.7 Å². The normalized spacial score (nSPS) is 14.8. The summed E-state index contributed by atoms with van der Waals surface area (Å²) in [5, 5.41) is 2.71. The number of aryl methyl sites for hydroxylation is 1. The number of anilines is 1. The largest absolute Gasteiger partial charge is 0.370 e. The number of aromatic nitrogens is 1. The van der Waals surface area contributed by atoms with E-state index in [4.69, 9.17) is 0 Å². The number of hydrogen-bond acceptors (Lipinski definition) is 4. The molecule has 0 radical (unpaired) electrons. The molecule has 0 aliphatic carbocycles. The zero-order chi connectivity index (χ0) is 19.5. The number of carbonyl (C=O) groups is 1. The molecule has 0 atom stereocenters. The second-order valence-electron chi connectivity index (χ2n) is 7.01. The van der Waals surface area contributed by atoms with Crippen LogP contribution in [0.3, 0.4) is 0 Å². The highest BCUT2D eigenvalue weighted by Crippen LogP contribution is 2.25. The van der Waals surface area contributed by atoms with Crippen molar-refractivity contribution in [2.45, 2.75) is 13.3 Å². The average Bonchev–Trinajstić information content (AvgIpc) is 3.07. The van der Waals surface area contributed by atoms with Gasteiger partial charge in [-0.3, -0.25) is 4.79 Å². The number of carbonyl (C=O) groups excluding carboxylic acids is 1. The molecular formula is C22H22FN3OS. The first-order valence-corrected chi connectivity index (χ1v) is 10.3. The van der Waals surface area contributed by atoms with Crippen molar-refractivity contribution in [3.05, 3.63) is 71.0 Å². The Kier molecular flexibility index (Phi) is 5.39. The lowest BCUT2D eigenvalue weighted by atomic mass is 10.2. The van der Waals surface area contributed by atoms with Crippen LogP contribution in [-0.4, -0.2) is 42.0 Å². The Labute approximate surface area is 168 Å². The third-order valence-corrected chi connectivity index (χ3v) is 5.89. The van der Waals surface area contributed by atoms with Crippen molar-refractivity contribution in [1.29, 1.82) is 0 Å². The SMILES string of the molecule is Cc1ccc(-c2nc(C(=O)N3CCCN(c4ccc(F)cc4)CC3)cs2)cc1. The lowest BCUT2D eigenvalue weighted by molar-refractivity contribution is 0.0762. The Morgan fingerprint density at radius 2 is 1.75 bits per heavy atom. The van der Waals surface area contributed by atoms with Crippen LogP contribution in [0.25, 0.3) is 10.6 Å². The van der Waals surface area contributed by atoms with Crippen LogP contribution in [0, 0.1) is 12.7 Å². The van der Waals surface area contributed by atoms with E-state index >= 15 is 0 Å². The fourth-order valence-electron chi connectivity index (χ4n) is 3.39. The van der Waals surface area contributed by atoms with Crippen LogP contribution in [0.15, 0.2) is 53.9 Å². The van der Waals surface area contributed by atoms with Gasteiger partial charge in [0.15, 0.2) is 0 Å². The minimum Gasteiger partial charge on any atom is -0.370 e. The molecule has 0 bridgehead atoms. The van der Waals surface area contributed by atoms with Crippen LogP contribution in [0.5, 0.6) is 0 Å². The molecule has 4 nitrogen and oxygen atoms in total. The van der Waals surface area contributed by atoms with E-state index in [2.05, 4.69) is 28.9 Å². The first-order chi connectivity index (χ1) is 13.6. The van der Waals surface area contributed by atoms with Crippen molar-refractivity contribution >= 4 is 22.9 Å². The van der Waals surface area contributed by atoms with Gasteiger partial charge in [0, 0.05) is 42.8 Å². The predicted octanol–water partition coefficient (Wildman–Crippen LogP) is 4.61. The highest BCUT2D eigenvalue weighted by Gasteiger charge is 2.22. The monoisotopic (exact) mass is 395 g/mol. The number of thiazole rings is 1. The van der Waals surface area contributed by atoms with Gasteiger partial charge in [-0.15, -0.1) is 11.3 Å². The van der Waals surface area contributed by atoms with E-state index in [0.29, 0.717) is 18.8 Å². The van der Waals surface area contributed by atoms with Crippen LogP contribution >= 0.6 is 11.3 Å². The maximum atomic E-state index is 13.2. The third-order valence-electron chi connectivity index (χ3n) is 5.00. The first-order valence-electron chi connectivity index (χ1n) is 9.42. The molecule has 0 N–H and O–H groups in total. The van der Waals surface area contributed by atoms with Crippen molar-refractivity contribution in [2.75, 3.05) is 31.1 Å². The maximum absolute atomic E-state index is 13.2. The molecule has 0 unspecified atom stereocenters. The lowest BCUT2D eigenvalue weighted by Gasteiger charge is -2.23. The van der Waals surface area contributed by atoms with E-state index in [0.717, 1.165) is 35.8 Å². The fourth-order valence-corrected chi connectivity index (χ4v) is 4.19. The molecule has 1 aliphatic rings. The van der Waals surface area contributed by atoms with Gasteiger partial charge in [-0.2, -0.15) is 0 Å². The number of halogens is 1. The van der Waals surface area contributed by atoms with Crippen LogP contribution < -0.4 is 4.90 Å². The van der Waals surface area contributed by atoms with Gasteiger partial charge in [0.05, 0.1) is 0 Å². The topological polar surface area (TPSA) is 36.4 Å². The van der Waals surface area contributed by atoms with Gasteiger partial charge >= 0.3 is 0 Å². The molecule has 2 aromatic carbocycles.